The topological polar surface area (TPSA) is 369 Å². The zero-order valence-corrected chi connectivity index (χ0v) is 30.4. The highest BCUT2D eigenvalue weighted by atomic mass is 16.3. The molecule has 0 aromatic heterocycles. The highest BCUT2D eigenvalue weighted by Gasteiger charge is 2.38. The molecule has 0 saturated carbocycles. The number of amides is 9. The van der Waals surface area contributed by atoms with Gasteiger partial charge in [0.1, 0.15) is 36.3 Å². The Morgan fingerprint density at radius 3 is 1.81 bits per heavy atom. The molecule has 0 aromatic rings. The SMILES string of the molecule is CC[C@H](C)C(NC(C)=O)C(=O)N[C@@H](CO)C(=O)N[C@@H](CO)C(=O)N[C@@H](CCCNC(N)=O)C(=O)N[C@@H](CCCN=C(N)N)C(=O)N1CCC[C@H]1C(N)=O. The van der Waals surface area contributed by atoms with Crippen molar-refractivity contribution in [2.75, 3.05) is 32.8 Å². The predicted octanol–water partition coefficient (Wildman–Crippen LogP) is -5.56. The van der Waals surface area contributed by atoms with Gasteiger partial charge in [-0.2, -0.15) is 0 Å². The number of hydrogen-bond donors (Lipinski definition) is 12. The monoisotopic (exact) mass is 756 g/mol. The lowest BCUT2D eigenvalue weighted by Crippen LogP contribution is -2.61. The van der Waals surface area contributed by atoms with Gasteiger partial charge in [-0.1, -0.05) is 20.3 Å². The quantitative estimate of drug-likeness (QED) is 0.0264. The van der Waals surface area contributed by atoms with Crippen LogP contribution in [0.15, 0.2) is 4.99 Å². The van der Waals surface area contributed by atoms with E-state index in [1.54, 1.807) is 13.8 Å². The highest BCUT2D eigenvalue weighted by Crippen LogP contribution is 2.19. The summed E-state index contributed by atoms with van der Waals surface area (Å²) in [5, 5.41) is 34.3. The Hall–Kier alpha value is -5.25. The molecule has 1 aliphatic heterocycles. The van der Waals surface area contributed by atoms with E-state index in [0.717, 1.165) is 0 Å². The number of nitrogens with zero attached hydrogens (tertiary/aromatic N) is 2. The zero-order chi connectivity index (χ0) is 40.2. The minimum atomic E-state index is -1.69. The Morgan fingerprint density at radius 2 is 1.30 bits per heavy atom. The van der Waals surface area contributed by atoms with Crippen LogP contribution in [0.25, 0.3) is 0 Å². The minimum absolute atomic E-state index is 0.00189. The maximum Gasteiger partial charge on any atom is 0.312 e. The van der Waals surface area contributed by atoms with E-state index in [2.05, 4.69) is 36.9 Å². The van der Waals surface area contributed by atoms with Crippen molar-refractivity contribution >= 4 is 53.3 Å². The van der Waals surface area contributed by atoms with Crippen LogP contribution in [0.5, 0.6) is 0 Å². The number of urea groups is 1. The average Bonchev–Trinajstić information content (AvgIpc) is 3.60. The van der Waals surface area contributed by atoms with Crippen molar-refractivity contribution in [2.24, 2.45) is 33.8 Å². The average molecular weight is 757 g/mol. The highest BCUT2D eigenvalue weighted by molar-refractivity contribution is 5.97. The lowest BCUT2D eigenvalue weighted by atomic mass is 9.98. The maximum atomic E-state index is 13.7. The fourth-order valence-corrected chi connectivity index (χ4v) is 5.46. The summed E-state index contributed by atoms with van der Waals surface area (Å²) < 4.78 is 0. The van der Waals surface area contributed by atoms with Crippen molar-refractivity contribution in [1.29, 1.82) is 0 Å². The molecular formula is C31H56N12O10. The van der Waals surface area contributed by atoms with E-state index in [4.69, 9.17) is 22.9 Å². The van der Waals surface area contributed by atoms with E-state index in [-0.39, 0.29) is 57.2 Å². The molecule has 7 atom stereocenters. The van der Waals surface area contributed by atoms with Crippen molar-refractivity contribution in [3.63, 3.8) is 0 Å². The number of primary amides is 2. The Morgan fingerprint density at radius 1 is 0.774 bits per heavy atom. The van der Waals surface area contributed by atoms with Gasteiger partial charge in [-0.3, -0.25) is 38.6 Å². The molecule has 53 heavy (non-hydrogen) atoms. The molecule has 0 radical (unpaired) electrons. The van der Waals surface area contributed by atoms with Gasteiger partial charge >= 0.3 is 6.03 Å². The normalized spacial score (nSPS) is 17.1. The first-order valence-electron chi connectivity index (χ1n) is 17.4. The molecular weight excluding hydrogens is 700 g/mol. The number of nitrogens with one attached hydrogen (secondary N) is 6. The van der Waals surface area contributed by atoms with Crippen LogP contribution in [0.4, 0.5) is 4.79 Å². The second kappa shape index (κ2) is 23.3. The third kappa shape index (κ3) is 15.9. The van der Waals surface area contributed by atoms with Crippen LogP contribution in [0.3, 0.4) is 0 Å². The number of aliphatic imine (C=N–C) groups is 1. The Balaban J connectivity index is 3.22. The van der Waals surface area contributed by atoms with Gasteiger partial charge < -0.3 is 69.9 Å². The summed E-state index contributed by atoms with van der Waals surface area (Å²) in [5.74, 6) is -6.07. The van der Waals surface area contributed by atoms with Crippen LogP contribution < -0.4 is 54.8 Å². The van der Waals surface area contributed by atoms with Crippen molar-refractivity contribution < 1.29 is 48.6 Å². The number of nitrogens with two attached hydrogens (primary N) is 4. The van der Waals surface area contributed by atoms with Crippen LogP contribution in [0.1, 0.15) is 65.7 Å². The Bertz CT molecular complexity index is 1330. The lowest BCUT2D eigenvalue weighted by molar-refractivity contribution is -0.141. The second-order valence-corrected chi connectivity index (χ2v) is 12.6. The van der Waals surface area contributed by atoms with E-state index in [9.17, 15) is 48.6 Å². The van der Waals surface area contributed by atoms with Crippen molar-refractivity contribution in [3.8, 4) is 0 Å². The summed E-state index contributed by atoms with van der Waals surface area (Å²) in [6.07, 6.45) is 1.56. The van der Waals surface area contributed by atoms with Crippen molar-refractivity contribution in [1.82, 2.24) is 36.8 Å². The van der Waals surface area contributed by atoms with Gasteiger partial charge in [-0.05, 0) is 44.4 Å². The van der Waals surface area contributed by atoms with Gasteiger partial charge in [-0.15, -0.1) is 0 Å². The van der Waals surface area contributed by atoms with E-state index < -0.39 is 96.8 Å². The van der Waals surface area contributed by atoms with E-state index in [0.29, 0.717) is 19.3 Å². The van der Waals surface area contributed by atoms with Crippen LogP contribution in [-0.4, -0.2) is 138 Å². The fraction of sp³-hybridized carbons (Fsp3) is 0.710. The molecule has 22 nitrogen and oxygen atoms in total. The van der Waals surface area contributed by atoms with Crippen LogP contribution in [-0.2, 0) is 33.6 Å². The molecule has 22 heteroatoms. The van der Waals surface area contributed by atoms with Gasteiger partial charge in [0, 0.05) is 26.6 Å². The Labute approximate surface area is 307 Å². The number of hydrogen-bond acceptors (Lipinski definition) is 11. The fourth-order valence-electron chi connectivity index (χ4n) is 5.46. The first-order chi connectivity index (χ1) is 25.0. The predicted molar refractivity (Wildman–Crippen MR) is 190 cm³/mol. The van der Waals surface area contributed by atoms with Crippen LogP contribution in [0.2, 0.25) is 0 Å². The molecule has 0 spiro atoms. The number of aliphatic hydroxyl groups excluding tert-OH is 2. The van der Waals surface area contributed by atoms with Gasteiger partial charge in [0.2, 0.25) is 41.4 Å². The molecule has 0 bridgehead atoms. The number of likely N-dealkylation sites (tertiary alicyclic amines) is 1. The molecule has 1 fully saturated rings. The second-order valence-electron chi connectivity index (χ2n) is 12.6. The number of rotatable bonds is 23. The van der Waals surface area contributed by atoms with Crippen LogP contribution in [0, 0.1) is 5.92 Å². The summed E-state index contributed by atoms with van der Waals surface area (Å²) in [6.45, 7) is 3.14. The molecule has 1 rings (SSSR count). The summed E-state index contributed by atoms with van der Waals surface area (Å²) in [7, 11) is 0. The van der Waals surface area contributed by atoms with E-state index in [1.807, 2.05) is 0 Å². The van der Waals surface area contributed by atoms with E-state index in [1.165, 1.54) is 11.8 Å². The molecule has 300 valence electrons. The van der Waals surface area contributed by atoms with Crippen molar-refractivity contribution in [2.45, 2.75) is 102 Å². The summed E-state index contributed by atoms with van der Waals surface area (Å²) >= 11 is 0. The summed E-state index contributed by atoms with van der Waals surface area (Å²) in [5.41, 5.74) is 21.4. The third-order valence-electron chi connectivity index (χ3n) is 8.51. The van der Waals surface area contributed by atoms with Gasteiger partial charge in [0.25, 0.3) is 0 Å². The molecule has 0 aromatic carbocycles. The third-order valence-corrected chi connectivity index (χ3v) is 8.51. The molecule has 1 aliphatic rings. The number of aliphatic hydroxyl groups is 2. The number of carbonyl (C=O) groups excluding carboxylic acids is 8. The zero-order valence-electron chi connectivity index (χ0n) is 30.4. The first kappa shape index (κ1) is 45.8. The van der Waals surface area contributed by atoms with Gasteiger partial charge in [0.05, 0.1) is 13.2 Å². The summed E-state index contributed by atoms with van der Waals surface area (Å²) in [6, 6.07) is -8.65. The van der Waals surface area contributed by atoms with E-state index >= 15 is 0 Å². The molecule has 0 aliphatic carbocycles. The summed E-state index contributed by atoms with van der Waals surface area (Å²) in [4.78, 5) is 107. The molecule has 16 N–H and O–H groups in total. The smallest absolute Gasteiger partial charge is 0.312 e. The maximum absolute atomic E-state index is 13.7. The van der Waals surface area contributed by atoms with Gasteiger partial charge in [0.15, 0.2) is 5.96 Å². The molecule has 1 unspecified atom stereocenters. The number of carbonyl (C=O) groups is 8. The molecule has 1 heterocycles. The standard InChI is InChI=1S/C31H56N12O10/c1-4-16(2)23(38-17(3)46)28(51)42-21(15-45)27(50)41-20(14-44)26(49)39-18(8-5-12-37-31(35)53)25(48)40-19(9-6-11-36-30(33)34)29(52)43-13-7-10-22(43)24(32)47/h16,18-23,44-45H,4-15H2,1-3H3,(H2,32,47)(H,38,46)(H,39,49)(H,40,48)(H,41,50)(H,42,51)(H4,33,34,36)(H3,35,37,53)/t16-,18-,19-,20-,21-,22-,23?/m0/s1. The van der Waals surface area contributed by atoms with Crippen molar-refractivity contribution in [3.05, 3.63) is 0 Å². The molecule has 1 saturated heterocycles. The van der Waals surface area contributed by atoms with Gasteiger partial charge in [-0.25, -0.2) is 4.79 Å². The largest absolute Gasteiger partial charge is 0.394 e. The Kier molecular flexibility index (Phi) is 20.2. The van der Waals surface area contributed by atoms with Crippen LogP contribution >= 0.6 is 0 Å². The minimum Gasteiger partial charge on any atom is -0.394 e. The lowest BCUT2D eigenvalue weighted by Gasteiger charge is -2.29. The first-order valence-corrected chi connectivity index (χ1v) is 17.4. The molecule has 9 amide bonds. The number of guanidine groups is 1.